The van der Waals surface area contributed by atoms with Crippen molar-refractivity contribution in [2.75, 3.05) is 46.4 Å². The topological polar surface area (TPSA) is 125 Å². The Hall–Kier alpha value is -4.15. The molecule has 1 atom stereocenters. The van der Waals surface area contributed by atoms with Gasteiger partial charge in [-0.2, -0.15) is 0 Å². The van der Waals surface area contributed by atoms with Gasteiger partial charge in [-0.05, 0) is 24.6 Å². The zero-order valence-electron chi connectivity index (χ0n) is 19.9. The van der Waals surface area contributed by atoms with Gasteiger partial charge >= 0.3 is 6.03 Å². The average molecular weight is 485 g/mol. The molecule has 2 heterocycles. The van der Waals surface area contributed by atoms with E-state index in [1.165, 1.54) is 21.3 Å². The molecule has 2 aliphatic heterocycles. The maximum atomic E-state index is 13.3. The molecule has 186 valence electrons. The SMILES string of the molecule is COc1cc(NC(=O)CN2C(=O)N[C@](C)(c3ccc4c(c3)OCCCO4)C2=O)cc(OC)c1OC. The summed E-state index contributed by atoms with van der Waals surface area (Å²) in [5.41, 5.74) is -0.496. The summed E-state index contributed by atoms with van der Waals surface area (Å²) in [6.07, 6.45) is 0.742. The second kappa shape index (κ2) is 9.61. The number of benzene rings is 2. The van der Waals surface area contributed by atoms with Crippen LogP contribution < -0.4 is 34.3 Å². The van der Waals surface area contributed by atoms with Gasteiger partial charge in [-0.3, -0.25) is 14.5 Å². The highest BCUT2D eigenvalue weighted by molar-refractivity contribution is 6.10. The van der Waals surface area contributed by atoms with Gasteiger partial charge in [0, 0.05) is 24.2 Å². The van der Waals surface area contributed by atoms with Crippen molar-refractivity contribution in [1.29, 1.82) is 0 Å². The van der Waals surface area contributed by atoms with Crippen molar-refractivity contribution in [2.45, 2.75) is 18.9 Å². The van der Waals surface area contributed by atoms with Gasteiger partial charge in [0.25, 0.3) is 5.91 Å². The molecule has 1 saturated heterocycles. The molecule has 1 fully saturated rings. The van der Waals surface area contributed by atoms with Crippen molar-refractivity contribution < 1.29 is 38.1 Å². The van der Waals surface area contributed by atoms with Crippen LogP contribution in [0.15, 0.2) is 30.3 Å². The Morgan fingerprint density at radius 3 is 2.31 bits per heavy atom. The number of urea groups is 1. The Kier molecular flexibility index (Phi) is 6.59. The summed E-state index contributed by atoms with van der Waals surface area (Å²) in [6, 6.07) is 7.51. The highest BCUT2D eigenvalue weighted by Gasteiger charge is 2.49. The predicted octanol–water partition coefficient (Wildman–Crippen LogP) is 2.28. The van der Waals surface area contributed by atoms with E-state index < -0.39 is 29.9 Å². The van der Waals surface area contributed by atoms with Crippen molar-refractivity contribution in [3.63, 3.8) is 0 Å². The molecule has 4 rings (SSSR count). The smallest absolute Gasteiger partial charge is 0.325 e. The summed E-state index contributed by atoms with van der Waals surface area (Å²) in [5.74, 6) is 1.00. The van der Waals surface area contributed by atoms with E-state index in [-0.39, 0.29) is 0 Å². The van der Waals surface area contributed by atoms with E-state index in [9.17, 15) is 14.4 Å². The lowest BCUT2D eigenvalue weighted by Gasteiger charge is -2.23. The Balaban J connectivity index is 1.51. The largest absolute Gasteiger partial charge is 0.493 e. The van der Waals surface area contributed by atoms with Crippen LogP contribution in [-0.2, 0) is 15.1 Å². The number of carbonyl (C=O) groups is 3. The van der Waals surface area contributed by atoms with E-state index in [1.807, 2.05) is 0 Å². The van der Waals surface area contributed by atoms with E-state index >= 15 is 0 Å². The van der Waals surface area contributed by atoms with Crippen molar-refractivity contribution >= 4 is 23.5 Å². The van der Waals surface area contributed by atoms with Crippen LogP contribution in [0.4, 0.5) is 10.5 Å². The van der Waals surface area contributed by atoms with Crippen molar-refractivity contribution in [2.24, 2.45) is 0 Å². The standard InChI is InChI=1S/C24H27N3O8/c1-24(14-6-7-16-17(10-14)35-9-5-8-34-16)22(29)27(23(30)26-24)13-20(28)25-15-11-18(31-2)21(33-4)19(12-15)32-3/h6-7,10-12H,5,8-9,13H2,1-4H3,(H,25,28)(H,26,30)/t24-/m1/s1. The molecule has 0 aliphatic carbocycles. The number of anilines is 1. The van der Waals surface area contributed by atoms with Gasteiger partial charge < -0.3 is 34.3 Å². The van der Waals surface area contributed by atoms with Gasteiger partial charge in [0.2, 0.25) is 11.7 Å². The number of amides is 4. The van der Waals surface area contributed by atoms with Crippen LogP contribution in [0.2, 0.25) is 0 Å². The molecule has 0 spiro atoms. The fraction of sp³-hybridized carbons (Fsp3) is 0.375. The maximum Gasteiger partial charge on any atom is 0.325 e. The van der Waals surface area contributed by atoms with E-state index in [0.717, 1.165) is 11.3 Å². The zero-order valence-corrected chi connectivity index (χ0v) is 19.9. The summed E-state index contributed by atoms with van der Waals surface area (Å²) in [5, 5.41) is 5.35. The first-order valence-electron chi connectivity index (χ1n) is 10.9. The van der Waals surface area contributed by atoms with Gasteiger partial charge in [-0.1, -0.05) is 6.07 Å². The van der Waals surface area contributed by atoms with E-state index in [2.05, 4.69) is 10.6 Å². The second-order valence-corrected chi connectivity index (χ2v) is 8.12. The zero-order chi connectivity index (χ0) is 25.2. The summed E-state index contributed by atoms with van der Waals surface area (Å²) in [7, 11) is 4.38. The van der Waals surface area contributed by atoms with Crippen LogP contribution in [0.5, 0.6) is 28.7 Å². The minimum Gasteiger partial charge on any atom is -0.493 e. The fourth-order valence-corrected chi connectivity index (χ4v) is 4.01. The van der Waals surface area contributed by atoms with Gasteiger partial charge in [-0.15, -0.1) is 0 Å². The van der Waals surface area contributed by atoms with Crippen molar-refractivity contribution in [3.8, 4) is 28.7 Å². The van der Waals surface area contributed by atoms with Gasteiger partial charge in [0.1, 0.15) is 12.1 Å². The van der Waals surface area contributed by atoms with Gasteiger partial charge in [0.15, 0.2) is 23.0 Å². The Morgan fingerprint density at radius 1 is 1.03 bits per heavy atom. The number of nitrogens with zero attached hydrogens (tertiary/aromatic N) is 1. The molecule has 11 nitrogen and oxygen atoms in total. The molecule has 0 aromatic heterocycles. The van der Waals surface area contributed by atoms with E-state index in [4.69, 9.17) is 23.7 Å². The van der Waals surface area contributed by atoms with E-state index in [0.29, 0.717) is 53.2 Å². The molecule has 0 radical (unpaired) electrons. The predicted molar refractivity (Wildman–Crippen MR) is 124 cm³/mol. The van der Waals surface area contributed by atoms with Crippen molar-refractivity contribution in [3.05, 3.63) is 35.9 Å². The maximum absolute atomic E-state index is 13.3. The minimum atomic E-state index is -1.37. The third-order valence-electron chi connectivity index (χ3n) is 5.85. The summed E-state index contributed by atoms with van der Waals surface area (Å²) in [4.78, 5) is 39.6. The number of methoxy groups -OCH3 is 3. The molecule has 35 heavy (non-hydrogen) atoms. The number of hydrogen-bond donors (Lipinski definition) is 2. The number of fused-ring (bicyclic) bond motifs is 1. The molecule has 2 aromatic carbocycles. The molecule has 2 N–H and O–H groups in total. The van der Waals surface area contributed by atoms with Gasteiger partial charge in [0.05, 0.1) is 34.5 Å². The number of imide groups is 1. The molecular weight excluding hydrogens is 458 g/mol. The monoisotopic (exact) mass is 485 g/mol. The Labute approximate surface area is 202 Å². The highest BCUT2D eigenvalue weighted by Crippen LogP contribution is 2.40. The lowest BCUT2D eigenvalue weighted by Crippen LogP contribution is -2.42. The Bertz CT molecular complexity index is 1140. The fourth-order valence-electron chi connectivity index (χ4n) is 4.01. The normalized spacial score (nSPS) is 19.0. The molecule has 0 bridgehead atoms. The number of carbonyl (C=O) groups excluding carboxylic acids is 3. The van der Waals surface area contributed by atoms with Gasteiger partial charge in [-0.25, -0.2) is 4.79 Å². The third-order valence-corrected chi connectivity index (χ3v) is 5.85. The van der Waals surface area contributed by atoms with Crippen LogP contribution in [0.1, 0.15) is 18.9 Å². The van der Waals surface area contributed by atoms with E-state index in [1.54, 1.807) is 37.3 Å². The highest BCUT2D eigenvalue weighted by atomic mass is 16.5. The minimum absolute atomic E-state index is 0.346. The lowest BCUT2D eigenvalue weighted by molar-refractivity contribution is -0.133. The third kappa shape index (κ3) is 4.48. The van der Waals surface area contributed by atoms with Crippen LogP contribution in [0, 0.1) is 0 Å². The number of hydrogen-bond acceptors (Lipinski definition) is 8. The van der Waals surface area contributed by atoms with Crippen LogP contribution >= 0.6 is 0 Å². The first kappa shape index (κ1) is 24.0. The average Bonchev–Trinajstić information content (AvgIpc) is 3.01. The molecule has 11 heteroatoms. The lowest BCUT2D eigenvalue weighted by atomic mass is 9.91. The first-order valence-corrected chi connectivity index (χ1v) is 10.9. The summed E-state index contributed by atoms with van der Waals surface area (Å²) < 4.78 is 27.2. The van der Waals surface area contributed by atoms with Crippen molar-refractivity contribution in [1.82, 2.24) is 10.2 Å². The molecule has 2 aliphatic rings. The molecule has 0 unspecified atom stereocenters. The Morgan fingerprint density at radius 2 is 1.69 bits per heavy atom. The second-order valence-electron chi connectivity index (χ2n) is 8.12. The number of ether oxygens (including phenoxy) is 5. The number of rotatable bonds is 7. The summed E-state index contributed by atoms with van der Waals surface area (Å²) >= 11 is 0. The first-order chi connectivity index (χ1) is 16.8. The molecule has 0 saturated carbocycles. The molecule has 4 amide bonds. The molecular formula is C24H27N3O8. The quantitative estimate of drug-likeness (QED) is 0.573. The van der Waals surface area contributed by atoms with Crippen LogP contribution in [0.25, 0.3) is 0 Å². The summed E-state index contributed by atoms with van der Waals surface area (Å²) in [6.45, 7) is 2.12. The molecule has 2 aromatic rings. The number of nitrogens with one attached hydrogen (secondary N) is 2. The van der Waals surface area contributed by atoms with Crippen LogP contribution in [0.3, 0.4) is 0 Å². The van der Waals surface area contributed by atoms with Crippen LogP contribution in [-0.4, -0.2) is 63.8 Å².